The van der Waals surface area contributed by atoms with Crippen LogP contribution in [0.3, 0.4) is 0 Å². The molecule has 0 aromatic rings. The molecule has 0 spiro atoms. The van der Waals surface area contributed by atoms with Gasteiger partial charge in [-0.15, -0.1) is 0 Å². The first kappa shape index (κ1) is 11.5. The second-order valence-corrected chi connectivity index (χ2v) is 1.70. The van der Waals surface area contributed by atoms with Crippen molar-refractivity contribution in [2.45, 2.75) is 0 Å². The van der Waals surface area contributed by atoms with Gasteiger partial charge in [0.05, 0.1) is 0 Å². The minimum absolute atomic E-state index is 0. The van der Waals surface area contributed by atoms with Crippen LogP contribution < -0.4 is 40.0 Å². The summed E-state index contributed by atoms with van der Waals surface area (Å²) < 4.78 is 0. The molecule has 0 aliphatic heterocycles. The maximum Gasteiger partial charge on any atom is 1.00 e. The van der Waals surface area contributed by atoms with E-state index in [1.54, 1.807) is 0 Å². The normalized spacial score (nSPS) is 7.12. The van der Waals surface area contributed by atoms with E-state index in [-0.39, 0.29) is 29.6 Å². The third-order valence-corrected chi connectivity index (χ3v) is 0.760. The molecular weight excluding hydrogens is 185 g/mol. The van der Waals surface area contributed by atoms with E-state index < -0.39 is 6.09 Å². The Bertz CT molecular complexity index is 70.3. The van der Waals surface area contributed by atoms with E-state index in [0.717, 1.165) is 0 Å². The van der Waals surface area contributed by atoms with Gasteiger partial charge in [0.25, 0.3) is 0 Å². The SMILES string of the molecule is O=C([O-])NCCBr.[Na+]. The number of carbonyl (C=O) groups excluding carboxylic acids is 1. The Morgan fingerprint density at radius 2 is 2.25 bits per heavy atom. The summed E-state index contributed by atoms with van der Waals surface area (Å²) in [4.78, 5) is 9.52. The van der Waals surface area contributed by atoms with Crippen LogP contribution in [-0.4, -0.2) is 18.0 Å². The van der Waals surface area contributed by atoms with E-state index in [1.165, 1.54) is 0 Å². The molecule has 0 atom stereocenters. The molecule has 0 unspecified atom stereocenters. The van der Waals surface area contributed by atoms with Crippen molar-refractivity contribution in [3.8, 4) is 0 Å². The summed E-state index contributed by atoms with van der Waals surface area (Å²) >= 11 is 3.02. The van der Waals surface area contributed by atoms with Crippen LogP contribution in [0.4, 0.5) is 4.79 Å². The maximum absolute atomic E-state index is 9.52. The number of rotatable bonds is 2. The van der Waals surface area contributed by atoms with Crippen molar-refractivity contribution < 1.29 is 39.5 Å². The van der Waals surface area contributed by atoms with Crippen LogP contribution in [0.15, 0.2) is 0 Å². The van der Waals surface area contributed by atoms with Gasteiger partial charge in [-0.1, -0.05) is 15.9 Å². The fraction of sp³-hybridized carbons (Fsp3) is 0.667. The Hall–Kier alpha value is 0.750. The predicted molar refractivity (Wildman–Crippen MR) is 27.2 cm³/mol. The average Bonchev–Trinajstić information content (AvgIpc) is 1.61. The predicted octanol–water partition coefficient (Wildman–Crippen LogP) is -3.68. The van der Waals surface area contributed by atoms with Crippen LogP contribution in [0.5, 0.6) is 0 Å². The zero-order valence-electron chi connectivity index (χ0n) is 4.61. The van der Waals surface area contributed by atoms with Gasteiger partial charge in [-0.3, -0.25) is 0 Å². The van der Waals surface area contributed by atoms with Crippen molar-refractivity contribution in [3.63, 3.8) is 0 Å². The number of carbonyl (C=O) groups is 1. The third-order valence-electron chi connectivity index (χ3n) is 0.364. The molecule has 0 fully saturated rings. The summed E-state index contributed by atoms with van der Waals surface area (Å²) in [5.74, 6) is 0. The molecule has 0 radical (unpaired) electrons. The van der Waals surface area contributed by atoms with Gasteiger partial charge in [-0.05, 0) is 0 Å². The Morgan fingerprint density at radius 1 is 1.75 bits per heavy atom. The van der Waals surface area contributed by atoms with Gasteiger partial charge in [-0.25, -0.2) is 0 Å². The molecule has 5 heteroatoms. The van der Waals surface area contributed by atoms with E-state index in [9.17, 15) is 9.90 Å². The summed E-state index contributed by atoms with van der Waals surface area (Å²) in [5, 5.41) is 12.2. The minimum atomic E-state index is -1.22. The number of carboxylic acid groups (broad SMARTS) is 1. The number of alkyl halides is 1. The Balaban J connectivity index is 0. The summed E-state index contributed by atoms with van der Waals surface area (Å²) in [6, 6.07) is 0. The summed E-state index contributed by atoms with van der Waals surface area (Å²) in [7, 11) is 0. The van der Waals surface area contributed by atoms with Crippen LogP contribution in [0, 0.1) is 0 Å². The molecule has 1 N–H and O–H groups in total. The van der Waals surface area contributed by atoms with Crippen LogP contribution >= 0.6 is 15.9 Å². The molecule has 0 heterocycles. The zero-order chi connectivity index (χ0) is 5.70. The number of amides is 1. The van der Waals surface area contributed by atoms with Crippen molar-refractivity contribution in [3.05, 3.63) is 0 Å². The van der Waals surface area contributed by atoms with Gasteiger partial charge in [0, 0.05) is 11.9 Å². The van der Waals surface area contributed by atoms with Crippen molar-refractivity contribution in [2.24, 2.45) is 0 Å². The number of hydrogen-bond donors (Lipinski definition) is 1. The average molecular weight is 190 g/mol. The number of hydrogen-bond acceptors (Lipinski definition) is 2. The van der Waals surface area contributed by atoms with Crippen LogP contribution in [-0.2, 0) is 0 Å². The molecule has 0 aliphatic rings. The van der Waals surface area contributed by atoms with E-state index in [2.05, 4.69) is 21.2 Å². The van der Waals surface area contributed by atoms with Gasteiger partial charge in [0.15, 0.2) is 0 Å². The smallest absolute Gasteiger partial charge is 0.530 e. The quantitative estimate of drug-likeness (QED) is 0.360. The molecule has 0 saturated heterocycles. The van der Waals surface area contributed by atoms with Crippen molar-refractivity contribution in [1.82, 2.24) is 5.32 Å². The molecule has 3 nitrogen and oxygen atoms in total. The molecule has 0 aromatic carbocycles. The first-order valence-electron chi connectivity index (χ1n) is 1.78. The molecule has 8 heavy (non-hydrogen) atoms. The standard InChI is InChI=1S/C3H6BrNO2.Na/c4-1-2-5-3(6)7;/h5H,1-2H2,(H,6,7);/q;+1/p-1. The summed E-state index contributed by atoms with van der Waals surface area (Å²) in [6.45, 7) is 0.405. The first-order chi connectivity index (χ1) is 3.27. The minimum Gasteiger partial charge on any atom is -0.530 e. The topological polar surface area (TPSA) is 52.2 Å². The molecule has 42 valence electrons. The van der Waals surface area contributed by atoms with Crippen molar-refractivity contribution >= 4 is 22.0 Å². The molecule has 0 aromatic heterocycles. The van der Waals surface area contributed by atoms with E-state index in [0.29, 0.717) is 11.9 Å². The molecule has 0 rings (SSSR count). The Labute approximate surface area is 78.3 Å². The molecular formula is C3H5BrNNaO2. The number of halogens is 1. The third kappa shape index (κ3) is 9.89. The fourth-order valence-electron chi connectivity index (χ4n) is 0.149. The van der Waals surface area contributed by atoms with Crippen LogP contribution in [0.2, 0.25) is 0 Å². The summed E-state index contributed by atoms with van der Waals surface area (Å²) in [5.41, 5.74) is 0. The Morgan fingerprint density at radius 3 is 2.38 bits per heavy atom. The van der Waals surface area contributed by atoms with Crippen molar-refractivity contribution in [1.29, 1.82) is 0 Å². The zero-order valence-corrected chi connectivity index (χ0v) is 8.19. The summed E-state index contributed by atoms with van der Waals surface area (Å²) in [6.07, 6.45) is -1.22. The van der Waals surface area contributed by atoms with Gasteiger partial charge in [0.2, 0.25) is 0 Å². The fourth-order valence-corrected chi connectivity index (χ4v) is 0.348. The van der Waals surface area contributed by atoms with Gasteiger partial charge in [-0.2, -0.15) is 0 Å². The number of nitrogens with one attached hydrogen (secondary N) is 1. The second-order valence-electron chi connectivity index (χ2n) is 0.903. The van der Waals surface area contributed by atoms with Crippen LogP contribution in [0.25, 0.3) is 0 Å². The Kier molecular flexibility index (Phi) is 11.2. The van der Waals surface area contributed by atoms with E-state index in [1.807, 2.05) is 0 Å². The maximum atomic E-state index is 9.52. The van der Waals surface area contributed by atoms with Gasteiger partial charge < -0.3 is 15.2 Å². The van der Waals surface area contributed by atoms with Crippen molar-refractivity contribution in [2.75, 3.05) is 11.9 Å². The van der Waals surface area contributed by atoms with E-state index >= 15 is 0 Å². The molecule has 0 aliphatic carbocycles. The monoisotopic (exact) mass is 189 g/mol. The molecule has 1 amide bonds. The van der Waals surface area contributed by atoms with Crippen LogP contribution in [0.1, 0.15) is 0 Å². The largest absolute Gasteiger partial charge is 1.00 e. The van der Waals surface area contributed by atoms with E-state index in [4.69, 9.17) is 0 Å². The van der Waals surface area contributed by atoms with Gasteiger partial charge in [0.1, 0.15) is 6.09 Å². The first-order valence-corrected chi connectivity index (χ1v) is 2.90. The molecule has 0 saturated carbocycles. The second kappa shape index (κ2) is 7.75. The molecule has 0 bridgehead atoms. The van der Waals surface area contributed by atoms with Gasteiger partial charge >= 0.3 is 29.6 Å².